The van der Waals surface area contributed by atoms with Crippen LogP contribution in [-0.4, -0.2) is 16.0 Å². The number of aromatic nitrogens is 2. The normalized spacial score (nSPS) is 16.9. The van der Waals surface area contributed by atoms with Gasteiger partial charge in [0.2, 0.25) is 0 Å². The largest absolute Gasteiger partial charge is 0.367 e. The number of hydrogen-bond donors (Lipinski definition) is 2. The first kappa shape index (κ1) is 11.6. The van der Waals surface area contributed by atoms with Crippen molar-refractivity contribution >= 4 is 11.6 Å². The molecule has 1 aliphatic carbocycles. The second-order valence-corrected chi connectivity index (χ2v) is 4.36. The Labute approximate surface area is 101 Å². The van der Waals surface area contributed by atoms with Crippen molar-refractivity contribution in [3.8, 4) is 6.19 Å². The van der Waals surface area contributed by atoms with Crippen LogP contribution in [0.1, 0.15) is 38.5 Å². The number of nitrogens with one attached hydrogen (secondary N) is 2. The Kier molecular flexibility index (Phi) is 4.14. The minimum atomic E-state index is 0.502. The topological polar surface area (TPSA) is 73.6 Å². The van der Waals surface area contributed by atoms with E-state index in [9.17, 15) is 0 Å². The number of nitrogens with zero attached hydrogens (tertiary/aromatic N) is 3. The van der Waals surface area contributed by atoms with Gasteiger partial charge in [0.1, 0.15) is 18.0 Å². The van der Waals surface area contributed by atoms with Crippen molar-refractivity contribution in [1.29, 1.82) is 5.26 Å². The molecule has 0 amide bonds. The molecule has 17 heavy (non-hydrogen) atoms. The van der Waals surface area contributed by atoms with Crippen LogP contribution in [0.5, 0.6) is 0 Å². The Morgan fingerprint density at radius 3 is 2.53 bits per heavy atom. The molecule has 0 radical (unpaired) electrons. The molecule has 0 aliphatic heterocycles. The minimum absolute atomic E-state index is 0.502. The fraction of sp³-hybridized carbons (Fsp3) is 0.583. The van der Waals surface area contributed by atoms with E-state index >= 15 is 0 Å². The van der Waals surface area contributed by atoms with E-state index < -0.39 is 0 Å². The molecule has 1 aromatic heterocycles. The second kappa shape index (κ2) is 6.04. The summed E-state index contributed by atoms with van der Waals surface area (Å²) in [6, 6.07) is 2.27. The van der Waals surface area contributed by atoms with Crippen LogP contribution < -0.4 is 10.6 Å². The maximum Gasteiger partial charge on any atom is 0.182 e. The van der Waals surface area contributed by atoms with E-state index in [0.717, 1.165) is 5.82 Å². The van der Waals surface area contributed by atoms with Gasteiger partial charge in [-0.15, -0.1) is 0 Å². The van der Waals surface area contributed by atoms with Gasteiger partial charge >= 0.3 is 0 Å². The van der Waals surface area contributed by atoms with E-state index in [1.54, 1.807) is 6.07 Å². The van der Waals surface area contributed by atoms with Crippen LogP contribution in [0, 0.1) is 11.5 Å². The van der Waals surface area contributed by atoms with Crippen LogP contribution >= 0.6 is 0 Å². The first-order chi connectivity index (χ1) is 8.38. The first-order valence-electron chi connectivity index (χ1n) is 6.12. The lowest BCUT2D eigenvalue weighted by Crippen LogP contribution is -2.19. The van der Waals surface area contributed by atoms with Crippen molar-refractivity contribution in [2.75, 3.05) is 10.6 Å². The van der Waals surface area contributed by atoms with E-state index in [4.69, 9.17) is 5.26 Å². The number of hydrogen-bond acceptors (Lipinski definition) is 5. The molecule has 1 aliphatic rings. The van der Waals surface area contributed by atoms with Crippen LogP contribution in [0.4, 0.5) is 11.6 Å². The smallest absolute Gasteiger partial charge is 0.182 e. The highest BCUT2D eigenvalue weighted by Crippen LogP contribution is 2.20. The SMILES string of the molecule is N#CNc1cc(NC2CCCCCC2)ncn1. The fourth-order valence-electron chi connectivity index (χ4n) is 2.19. The van der Waals surface area contributed by atoms with Crippen molar-refractivity contribution in [3.63, 3.8) is 0 Å². The molecule has 0 atom stereocenters. The van der Waals surface area contributed by atoms with E-state index in [0.29, 0.717) is 11.9 Å². The van der Waals surface area contributed by atoms with Crippen LogP contribution in [0.3, 0.4) is 0 Å². The molecule has 90 valence electrons. The van der Waals surface area contributed by atoms with Gasteiger partial charge in [-0.3, -0.25) is 5.32 Å². The van der Waals surface area contributed by atoms with Crippen LogP contribution in [-0.2, 0) is 0 Å². The first-order valence-corrected chi connectivity index (χ1v) is 6.12. The van der Waals surface area contributed by atoms with Crippen LogP contribution in [0.15, 0.2) is 12.4 Å². The third-order valence-corrected chi connectivity index (χ3v) is 3.06. The average molecular weight is 231 g/mol. The van der Waals surface area contributed by atoms with Gasteiger partial charge in [0.25, 0.3) is 0 Å². The summed E-state index contributed by atoms with van der Waals surface area (Å²) in [5, 5.41) is 14.5. The lowest BCUT2D eigenvalue weighted by molar-refractivity contribution is 0.617. The van der Waals surface area contributed by atoms with Gasteiger partial charge in [-0.2, -0.15) is 5.26 Å². The highest BCUT2D eigenvalue weighted by Gasteiger charge is 2.12. The van der Waals surface area contributed by atoms with E-state index in [-0.39, 0.29) is 0 Å². The number of nitriles is 1. The Morgan fingerprint density at radius 1 is 1.12 bits per heavy atom. The molecule has 2 N–H and O–H groups in total. The third kappa shape index (κ3) is 3.59. The summed E-state index contributed by atoms with van der Waals surface area (Å²) in [7, 11) is 0. The highest BCUT2D eigenvalue weighted by molar-refractivity contribution is 5.48. The van der Waals surface area contributed by atoms with Gasteiger partial charge in [-0.1, -0.05) is 25.7 Å². The second-order valence-electron chi connectivity index (χ2n) is 4.36. The van der Waals surface area contributed by atoms with Gasteiger partial charge in [0.15, 0.2) is 6.19 Å². The summed E-state index contributed by atoms with van der Waals surface area (Å²) in [6.45, 7) is 0. The lowest BCUT2D eigenvalue weighted by atomic mass is 10.1. The average Bonchev–Trinajstić information content (AvgIpc) is 2.59. The molecular formula is C12H17N5. The van der Waals surface area contributed by atoms with E-state index in [1.165, 1.54) is 44.9 Å². The van der Waals surface area contributed by atoms with Crippen molar-refractivity contribution in [2.24, 2.45) is 0 Å². The number of rotatable bonds is 3. The van der Waals surface area contributed by atoms with Crippen molar-refractivity contribution in [1.82, 2.24) is 9.97 Å². The summed E-state index contributed by atoms with van der Waals surface area (Å²) in [5.41, 5.74) is 0. The molecule has 5 heteroatoms. The molecule has 0 unspecified atom stereocenters. The monoisotopic (exact) mass is 231 g/mol. The maximum absolute atomic E-state index is 8.53. The van der Waals surface area contributed by atoms with Gasteiger partial charge < -0.3 is 5.32 Å². The van der Waals surface area contributed by atoms with E-state index in [2.05, 4.69) is 20.6 Å². The molecule has 1 fully saturated rings. The van der Waals surface area contributed by atoms with Gasteiger partial charge in [-0.05, 0) is 12.8 Å². The van der Waals surface area contributed by atoms with Gasteiger partial charge in [0, 0.05) is 12.1 Å². The molecule has 5 nitrogen and oxygen atoms in total. The van der Waals surface area contributed by atoms with Crippen molar-refractivity contribution in [3.05, 3.63) is 12.4 Å². The van der Waals surface area contributed by atoms with Crippen LogP contribution in [0.25, 0.3) is 0 Å². The Morgan fingerprint density at radius 2 is 1.82 bits per heavy atom. The van der Waals surface area contributed by atoms with Crippen molar-refractivity contribution in [2.45, 2.75) is 44.6 Å². The lowest BCUT2D eigenvalue weighted by Gasteiger charge is -2.16. The van der Waals surface area contributed by atoms with Gasteiger partial charge in [0.05, 0.1) is 0 Å². The van der Waals surface area contributed by atoms with E-state index in [1.807, 2.05) is 6.19 Å². The molecule has 0 saturated heterocycles. The minimum Gasteiger partial charge on any atom is -0.367 e. The summed E-state index contributed by atoms with van der Waals surface area (Å²) in [6.07, 6.45) is 11.0. The Balaban J connectivity index is 1.97. The molecule has 2 rings (SSSR count). The molecular weight excluding hydrogens is 214 g/mol. The zero-order valence-electron chi connectivity index (χ0n) is 9.82. The van der Waals surface area contributed by atoms with Gasteiger partial charge in [-0.25, -0.2) is 9.97 Å². The molecule has 1 aromatic rings. The molecule has 0 spiro atoms. The quantitative estimate of drug-likeness (QED) is 0.475. The standard InChI is InChI=1S/C12H17N5/c13-8-14-11-7-12(16-9-15-11)17-10-5-3-1-2-4-6-10/h7,9-10H,1-6H2,(H2,14,15,16,17). The predicted octanol–water partition coefficient (Wildman–Crippen LogP) is 2.50. The Hall–Kier alpha value is -1.83. The number of anilines is 2. The Bertz CT molecular complexity index is 390. The summed E-state index contributed by atoms with van der Waals surface area (Å²) in [5.74, 6) is 1.34. The predicted molar refractivity (Wildman–Crippen MR) is 66.4 cm³/mol. The summed E-state index contributed by atoms with van der Waals surface area (Å²) < 4.78 is 0. The highest BCUT2D eigenvalue weighted by atomic mass is 15.1. The summed E-state index contributed by atoms with van der Waals surface area (Å²) >= 11 is 0. The van der Waals surface area contributed by atoms with Crippen molar-refractivity contribution < 1.29 is 0 Å². The van der Waals surface area contributed by atoms with Crippen LogP contribution in [0.2, 0.25) is 0 Å². The zero-order valence-corrected chi connectivity index (χ0v) is 9.82. The maximum atomic E-state index is 8.53. The molecule has 0 bridgehead atoms. The molecule has 0 aromatic carbocycles. The zero-order chi connectivity index (χ0) is 11.9. The fourth-order valence-corrected chi connectivity index (χ4v) is 2.19. The molecule has 1 heterocycles. The molecule has 1 saturated carbocycles. The third-order valence-electron chi connectivity index (χ3n) is 3.06. The summed E-state index contributed by atoms with van der Waals surface area (Å²) in [4.78, 5) is 8.13.